The SMILES string of the molecule is COCc1ccc(N2C[C@@H](C)N[C@@H](C)C2)cc1NS(=O)(=O)c1ccc(-c2ccccc2)cc1.COc1ccc(N2C[C@@H](C)N[C@@H](C)C2)cc1NS(=O)(=O)c1ccc(Cl)c2nonc12. The zero-order valence-electron chi connectivity index (χ0n) is 36.0. The molecule has 4 atom stereocenters. The largest absolute Gasteiger partial charge is 0.495 e. The Hall–Kier alpha value is -5.43. The fourth-order valence-electron chi connectivity index (χ4n) is 8.08. The van der Waals surface area contributed by atoms with Gasteiger partial charge in [0.15, 0.2) is 11.0 Å². The molecule has 0 spiro atoms. The highest BCUT2D eigenvalue weighted by Crippen LogP contribution is 2.35. The van der Waals surface area contributed by atoms with Crippen LogP contribution in [0, 0.1) is 0 Å². The van der Waals surface area contributed by atoms with E-state index in [1.165, 1.54) is 19.2 Å². The molecule has 1 aromatic heterocycles. The van der Waals surface area contributed by atoms with Crippen LogP contribution in [-0.2, 0) is 31.4 Å². The van der Waals surface area contributed by atoms with Crippen molar-refractivity contribution in [3.05, 3.63) is 114 Å². The molecule has 0 radical (unpaired) electrons. The zero-order valence-corrected chi connectivity index (χ0v) is 38.4. The molecule has 0 amide bonds. The molecule has 0 aliphatic carbocycles. The number of sulfonamides is 2. The van der Waals surface area contributed by atoms with Crippen LogP contribution >= 0.6 is 11.6 Å². The Kier molecular flexibility index (Phi) is 14.1. The van der Waals surface area contributed by atoms with Crippen LogP contribution in [0.25, 0.3) is 22.2 Å². The molecular formula is C45H53ClN8O7S2. The lowest BCUT2D eigenvalue weighted by molar-refractivity contribution is 0.185. The van der Waals surface area contributed by atoms with E-state index in [4.69, 9.17) is 21.1 Å². The number of hydrogen-bond acceptors (Lipinski definition) is 13. The Bertz CT molecular complexity index is 2720. The highest BCUT2D eigenvalue weighted by atomic mass is 35.5. The van der Waals surface area contributed by atoms with E-state index in [1.54, 1.807) is 31.4 Å². The van der Waals surface area contributed by atoms with Crippen LogP contribution in [0.15, 0.2) is 118 Å². The second kappa shape index (κ2) is 19.5. The van der Waals surface area contributed by atoms with Gasteiger partial charge in [0, 0.05) is 74.4 Å². The third-order valence-electron chi connectivity index (χ3n) is 10.8. The van der Waals surface area contributed by atoms with E-state index >= 15 is 0 Å². The third kappa shape index (κ3) is 10.9. The molecule has 18 heteroatoms. The lowest BCUT2D eigenvalue weighted by Crippen LogP contribution is -2.54. The van der Waals surface area contributed by atoms with E-state index in [-0.39, 0.29) is 25.8 Å². The Morgan fingerprint density at radius 2 is 1.21 bits per heavy atom. The number of fused-ring (bicyclic) bond motifs is 1. The maximum Gasteiger partial charge on any atom is 0.264 e. The van der Waals surface area contributed by atoms with Gasteiger partial charge in [-0.05, 0) is 104 Å². The summed E-state index contributed by atoms with van der Waals surface area (Å²) >= 11 is 6.05. The minimum Gasteiger partial charge on any atom is -0.495 e. The van der Waals surface area contributed by atoms with E-state index in [0.717, 1.165) is 54.2 Å². The average Bonchev–Trinajstić information content (AvgIpc) is 3.75. The molecule has 2 aliphatic heterocycles. The summed E-state index contributed by atoms with van der Waals surface area (Å²) in [5, 5.41) is 14.6. The molecule has 6 aromatic rings. The molecule has 334 valence electrons. The first-order chi connectivity index (χ1) is 30.1. The molecule has 63 heavy (non-hydrogen) atoms. The van der Waals surface area contributed by atoms with Gasteiger partial charge >= 0.3 is 0 Å². The number of rotatable bonds is 12. The van der Waals surface area contributed by atoms with E-state index in [9.17, 15) is 16.8 Å². The van der Waals surface area contributed by atoms with Gasteiger partial charge in [0.05, 0.1) is 35.0 Å². The fraction of sp³-hybridized carbons (Fsp3) is 0.333. The molecule has 2 aliphatic rings. The maximum atomic E-state index is 13.2. The number of ether oxygens (including phenoxy) is 2. The molecule has 5 aromatic carbocycles. The molecule has 0 saturated carbocycles. The molecule has 2 saturated heterocycles. The van der Waals surface area contributed by atoms with Gasteiger partial charge in [-0.1, -0.05) is 60.1 Å². The number of piperazine rings is 2. The monoisotopic (exact) mass is 916 g/mol. The topological polar surface area (TPSA) is 180 Å². The molecule has 0 bridgehead atoms. The van der Waals surface area contributed by atoms with Crippen molar-refractivity contribution >= 4 is 65.4 Å². The standard InChI is InChI=1S/C26H31N3O3S.C19H22ClN5O4S/c1-19-16-29(17-20(2)27-19)24-12-9-23(18-32-3)26(15-24)28-33(30,31)25-13-10-22(11-14-25)21-7-5-4-6-8-21;1-11-9-25(10-12(2)21-11)13-4-6-16(28-3)15(8-13)24-30(26,27)17-7-5-14(20)18-19(17)23-29-22-18/h4-15,19-20,27-28H,16-18H2,1-3H3;4-8,11-12,21,24H,9-10H2,1-3H3/t19-,20+;11-,12+. The molecule has 3 heterocycles. The van der Waals surface area contributed by atoms with Crippen molar-refractivity contribution < 1.29 is 30.9 Å². The van der Waals surface area contributed by atoms with Crippen molar-refractivity contribution in [2.24, 2.45) is 0 Å². The van der Waals surface area contributed by atoms with Gasteiger partial charge in [-0.15, -0.1) is 0 Å². The summed E-state index contributed by atoms with van der Waals surface area (Å²) in [6.45, 7) is 12.2. The predicted molar refractivity (Wildman–Crippen MR) is 249 cm³/mol. The van der Waals surface area contributed by atoms with E-state index in [1.807, 2.05) is 66.7 Å². The van der Waals surface area contributed by atoms with E-state index < -0.39 is 20.0 Å². The Balaban J connectivity index is 0.000000190. The van der Waals surface area contributed by atoms with Crippen molar-refractivity contribution in [1.82, 2.24) is 20.9 Å². The Morgan fingerprint density at radius 3 is 1.79 bits per heavy atom. The van der Waals surface area contributed by atoms with Gasteiger partial charge in [0.1, 0.15) is 10.6 Å². The van der Waals surface area contributed by atoms with Crippen LogP contribution in [0.5, 0.6) is 5.75 Å². The number of methoxy groups -OCH3 is 2. The summed E-state index contributed by atoms with van der Waals surface area (Å²) in [6, 6.07) is 32.3. The second-order valence-corrected chi connectivity index (χ2v) is 19.8. The van der Waals surface area contributed by atoms with Gasteiger partial charge in [-0.3, -0.25) is 9.44 Å². The lowest BCUT2D eigenvalue weighted by Gasteiger charge is -2.38. The highest BCUT2D eigenvalue weighted by molar-refractivity contribution is 7.93. The van der Waals surface area contributed by atoms with E-state index in [0.29, 0.717) is 47.9 Å². The number of nitrogens with one attached hydrogen (secondary N) is 4. The summed E-state index contributed by atoms with van der Waals surface area (Å²) in [7, 11) is -4.67. The average molecular weight is 918 g/mol. The second-order valence-electron chi connectivity index (χ2n) is 16.0. The van der Waals surface area contributed by atoms with Gasteiger partial charge in [-0.2, -0.15) is 0 Å². The number of benzene rings is 5. The molecule has 8 rings (SSSR count). The third-order valence-corrected chi connectivity index (χ3v) is 13.9. The highest BCUT2D eigenvalue weighted by Gasteiger charge is 2.27. The summed E-state index contributed by atoms with van der Waals surface area (Å²) in [6.07, 6.45) is 0. The fourth-order valence-corrected chi connectivity index (χ4v) is 10.5. The quantitative estimate of drug-likeness (QED) is 0.0958. The van der Waals surface area contributed by atoms with Gasteiger partial charge in [0.25, 0.3) is 20.0 Å². The van der Waals surface area contributed by atoms with Crippen LogP contribution < -0.4 is 34.6 Å². The number of aromatic nitrogens is 2. The van der Waals surface area contributed by atoms with Crippen LogP contribution in [-0.4, -0.2) is 91.7 Å². The molecule has 2 fully saturated rings. The first kappa shape index (κ1) is 45.6. The number of anilines is 4. The van der Waals surface area contributed by atoms with Crippen molar-refractivity contribution in [3.63, 3.8) is 0 Å². The van der Waals surface area contributed by atoms with Crippen molar-refractivity contribution in [1.29, 1.82) is 0 Å². The predicted octanol–water partition coefficient (Wildman–Crippen LogP) is 7.36. The minimum absolute atomic E-state index is 0.0647. The molecular weight excluding hydrogens is 864 g/mol. The number of hydrogen-bond donors (Lipinski definition) is 4. The zero-order chi connectivity index (χ0) is 44.9. The van der Waals surface area contributed by atoms with E-state index in [2.05, 4.69) is 72.5 Å². The van der Waals surface area contributed by atoms with Crippen molar-refractivity contribution in [2.75, 3.05) is 59.6 Å². The summed E-state index contributed by atoms with van der Waals surface area (Å²) in [5.41, 5.74) is 5.82. The smallest absolute Gasteiger partial charge is 0.264 e. The molecule has 0 unspecified atom stereocenters. The lowest BCUT2D eigenvalue weighted by atomic mass is 10.1. The molecule has 4 N–H and O–H groups in total. The minimum atomic E-state index is -4.01. The first-order valence-electron chi connectivity index (χ1n) is 20.6. The summed E-state index contributed by atoms with van der Waals surface area (Å²) in [4.78, 5) is 4.64. The van der Waals surface area contributed by atoms with Crippen LogP contribution in [0.4, 0.5) is 22.7 Å². The normalized spacial score (nSPS) is 19.3. The van der Waals surface area contributed by atoms with Crippen molar-refractivity contribution in [3.8, 4) is 16.9 Å². The van der Waals surface area contributed by atoms with Crippen molar-refractivity contribution in [2.45, 2.75) is 68.3 Å². The molecule has 15 nitrogen and oxygen atoms in total. The summed E-state index contributed by atoms with van der Waals surface area (Å²) in [5.74, 6) is 0.405. The van der Waals surface area contributed by atoms with Gasteiger partial charge in [0.2, 0.25) is 0 Å². The Morgan fingerprint density at radius 1 is 0.667 bits per heavy atom. The van der Waals surface area contributed by atoms with Gasteiger partial charge in [-0.25, -0.2) is 21.5 Å². The maximum absolute atomic E-state index is 13.2. The number of halogens is 1. The van der Waals surface area contributed by atoms with Crippen LogP contribution in [0.1, 0.15) is 33.3 Å². The number of nitrogens with zero attached hydrogens (tertiary/aromatic N) is 4. The Labute approximate surface area is 374 Å². The summed E-state index contributed by atoms with van der Waals surface area (Å²) < 4.78 is 73.5. The first-order valence-corrected chi connectivity index (χ1v) is 23.9. The van der Waals surface area contributed by atoms with Crippen LogP contribution in [0.2, 0.25) is 5.02 Å². The van der Waals surface area contributed by atoms with Crippen LogP contribution in [0.3, 0.4) is 0 Å². The van der Waals surface area contributed by atoms with Gasteiger partial charge < -0.3 is 29.9 Å².